The molecule has 1 aromatic heterocycles. The van der Waals surface area contributed by atoms with E-state index in [0.29, 0.717) is 25.2 Å². The van der Waals surface area contributed by atoms with Crippen molar-refractivity contribution in [2.75, 3.05) is 26.5 Å². The molecule has 1 atom stereocenters. The van der Waals surface area contributed by atoms with Gasteiger partial charge < -0.3 is 9.64 Å². The third kappa shape index (κ3) is 4.63. The number of rotatable bonds is 5. The summed E-state index contributed by atoms with van der Waals surface area (Å²) in [5, 5.41) is 0. The van der Waals surface area contributed by atoms with E-state index < -0.39 is 9.84 Å². The molecule has 0 N–H and O–H groups in total. The Bertz CT molecular complexity index is 913. The number of hydrogen-bond donors (Lipinski definition) is 0. The van der Waals surface area contributed by atoms with Gasteiger partial charge in [0, 0.05) is 31.5 Å². The Morgan fingerprint density at radius 3 is 2.70 bits per heavy atom. The second-order valence-corrected chi connectivity index (χ2v) is 8.73. The van der Waals surface area contributed by atoms with E-state index in [1.54, 1.807) is 12.0 Å². The molecule has 27 heavy (non-hydrogen) atoms. The first-order chi connectivity index (χ1) is 12.9. The summed E-state index contributed by atoms with van der Waals surface area (Å²) in [5.41, 5.74) is 1.43. The second kappa shape index (κ2) is 8.04. The third-order valence-electron chi connectivity index (χ3n) is 4.78. The zero-order valence-corrected chi connectivity index (χ0v) is 16.3. The zero-order valence-electron chi connectivity index (χ0n) is 15.5. The first-order valence-corrected chi connectivity index (χ1v) is 10.7. The van der Waals surface area contributed by atoms with E-state index in [-0.39, 0.29) is 16.7 Å². The normalized spacial score (nSPS) is 17.6. The van der Waals surface area contributed by atoms with E-state index in [0.717, 1.165) is 30.4 Å². The third-order valence-corrected chi connectivity index (χ3v) is 5.90. The molecule has 1 aromatic carbocycles. The van der Waals surface area contributed by atoms with Gasteiger partial charge in [0.05, 0.1) is 19.2 Å². The molecule has 1 saturated heterocycles. The Morgan fingerprint density at radius 2 is 2.04 bits per heavy atom. The molecule has 0 radical (unpaired) electrons. The molecule has 1 aliphatic heterocycles. The smallest absolute Gasteiger partial charge is 0.227 e. The van der Waals surface area contributed by atoms with Crippen LogP contribution in [-0.4, -0.2) is 55.6 Å². The Labute approximate surface area is 159 Å². The summed E-state index contributed by atoms with van der Waals surface area (Å²) in [5.74, 6) is 0.674. The van der Waals surface area contributed by atoms with Gasteiger partial charge in [0.25, 0.3) is 0 Å². The largest absolute Gasteiger partial charge is 0.497 e. The number of likely N-dealkylation sites (tertiary alicyclic amines) is 1. The van der Waals surface area contributed by atoms with Crippen molar-refractivity contribution in [1.29, 1.82) is 0 Å². The maximum atomic E-state index is 12.7. The number of sulfone groups is 1. The van der Waals surface area contributed by atoms with Crippen molar-refractivity contribution in [2.24, 2.45) is 0 Å². The highest BCUT2D eigenvalue weighted by Crippen LogP contribution is 2.29. The van der Waals surface area contributed by atoms with Gasteiger partial charge >= 0.3 is 0 Å². The first kappa shape index (κ1) is 19.3. The van der Waals surface area contributed by atoms with Gasteiger partial charge in [-0.05, 0) is 30.5 Å². The number of benzene rings is 1. The van der Waals surface area contributed by atoms with Crippen LogP contribution >= 0.6 is 0 Å². The Hall–Kier alpha value is -2.48. The lowest BCUT2D eigenvalue weighted by atomic mass is 9.94. The van der Waals surface area contributed by atoms with E-state index in [1.807, 2.05) is 24.3 Å². The maximum absolute atomic E-state index is 12.7. The SMILES string of the molecule is COc1ccc(CC(=O)N2CCC[C@H](c3ncncc3S(C)(=O)=O)C2)cc1. The number of aromatic nitrogens is 2. The lowest BCUT2D eigenvalue weighted by Crippen LogP contribution is -2.40. The predicted molar refractivity (Wildman–Crippen MR) is 100 cm³/mol. The predicted octanol–water partition coefficient (Wildman–Crippen LogP) is 1.84. The molecule has 1 amide bonds. The van der Waals surface area contributed by atoms with Crippen molar-refractivity contribution in [2.45, 2.75) is 30.1 Å². The van der Waals surface area contributed by atoms with Gasteiger partial charge in [0.1, 0.15) is 17.0 Å². The lowest BCUT2D eigenvalue weighted by Gasteiger charge is -2.33. The molecule has 7 nitrogen and oxygen atoms in total. The number of piperidine rings is 1. The first-order valence-electron chi connectivity index (χ1n) is 8.79. The summed E-state index contributed by atoms with van der Waals surface area (Å²) in [6.07, 6.45) is 5.78. The highest BCUT2D eigenvalue weighted by atomic mass is 32.2. The van der Waals surface area contributed by atoms with Crippen molar-refractivity contribution in [3.8, 4) is 5.75 Å². The fourth-order valence-corrected chi connectivity index (χ4v) is 4.23. The van der Waals surface area contributed by atoms with Gasteiger partial charge in [-0.3, -0.25) is 4.79 Å². The molecule has 144 valence electrons. The molecule has 0 unspecified atom stereocenters. The highest BCUT2D eigenvalue weighted by Gasteiger charge is 2.29. The average molecular weight is 389 g/mol. The van der Waals surface area contributed by atoms with E-state index in [4.69, 9.17) is 4.74 Å². The van der Waals surface area contributed by atoms with E-state index in [1.165, 1.54) is 12.5 Å². The zero-order chi connectivity index (χ0) is 19.4. The molecule has 2 heterocycles. The number of ether oxygens (including phenoxy) is 1. The van der Waals surface area contributed by atoms with Crippen LogP contribution in [0.3, 0.4) is 0 Å². The Morgan fingerprint density at radius 1 is 1.30 bits per heavy atom. The molecule has 1 aliphatic rings. The number of hydrogen-bond acceptors (Lipinski definition) is 6. The van der Waals surface area contributed by atoms with E-state index in [2.05, 4.69) is 9.97 Å². The van der Waals surface area contributed by atoms with Crippen LogP contribution in [0, 0.1) is 0 Å². The summed E-state index contributed by atoms with van der Waals surface area (Å²) >= 11 is 0. The molecule has 2 aromatic rings. The van der Waals surface area contributed by atoms with Gasteiger partial charge in [-0.2, -0.15) is 0 Å². The molecule has 0 spiro atoms. The summed E-state index contributed by atoms with van der Waals surface area (Å²) in [7, 11) is -1.81. The molecule has 1 fully saturated rings. The average Bonchev–Trinajstić information content (AvgIpc) is 2.68. The van der Waals surface area contributed by atoms with Gasteiger partial charge in [0.2, 0.25) is 5.91 Å². The van der Waals surface area contributed by atoms with Gasteiger partial charge in [-0.15, -0.1) is 0 Å². The Balaban J connectivity index is 1.73. The number of methoxy groups -OCH3 is 1. The van der Waals surface area contributed by atoms with Crippen LogP contribution in [0.25, 0.3) is 0 Å². The fourth-order valence-electron chi connectivity index (χ4n) is 3.38. The lowest BCUT2D eigenvalue weighted by molar-refractivity contribution is -0.131. The van der Waals surface area contributed by atoms with Crippen molar-refractivity contribution >= 4 is 15.7 Å². The molecule has 0 saturated carbocycles. The van der Waals surface area contributed by atoms with Crippen molar-refractivity contribution < 1.29 is 17.9 Å². The minimum atomic E-state index is -3.42. The van der Waals surface area contributed by atoms with Crippen LogP contribution in [0.4, 0.5) is 0 Å². The molecule has 0 bridgehead atoms. The quantitative estimate of drug-likeness (QED) is 0.775. The molecule has 8 heteroatoms. The fraction of sp³-hybridized carbons (Fsp3) is 0.421. The Kier molecular flexibility index (Phi) is 5.74. The number of carbonyl (C=O) groups excluding carboxylic acids is 1. The maximum Gasteiger partial charge on any atom is 0.227 e. The van der Waals surface area contributed by atoms with E-state index in [9.17, 15) is 13.2 Å². The molecule has 0 aliphatic carbocycles. The van der Waals surface area contributed by atoms with Gasteiger partial charge in [-0.1, -0.05) is 12.1 Å². The minimum Gasteiger partial charge on any atom is -0.497 e. The molecular weight excluding hydrogens is 366 g/mol. The van der Waals surface area contributed by atoms with Gasteiger partial charge in [0.15, 0.2) is 9.84 Å². The van der Waals surface area contributed by atoms with Crippen LogP contribution in [0.2, 0.25) is 0 Å². The number of nitrogens with zero attached hydrogens (tertiary/aromatic N) is 3. The molecular formula is C19H23N3O4S. The summed E-state index contributed by atoms with van der Waals surface area (Å²) in [6, 6.07) is 7.43. The van der Waals surface area contributed by atoms with Crippen LogP contribution < -0.4 is 4.74 Å². The van der Waals surface area contributed by atoms with Crippen LogP contribution in [-0.2, 0) is 21.1 Å². The van der Waals surface area contributed by atoms with Crippen LogP contribution in [0.5, 0.6) is 5.75 Å². The summed E-state index contributed by atoms with van der Waals surface area (Å²) in [4.78, 5) is 22.7. The standard InChI is InChI=1S/C19H23N3O4S/c1-26-16-7-5-14(6-8-16)10-18(23)22-9-3-4-15(12-22)19-17(27(2,24)25)11-20-13-21-19/h5-8,11,13,15H,3-4,9-10,12H2,1-2H3/t15-/m0/s1. The monoisotopic (exact) mass is 389 g/mol. The molecule has 3 rings (SSSR count). The second-order valence-electron chi connectivity index (χ2n) is 6.75. The van der Waals surface area contributed by atoms with Gasteiger partial charge in [-0.25, -0.2) is 18.4 Å². The van der Waals surface area contributed by atoms with Crippen molar-refractivity contribution in [3.63, 3.8) is 0 Å². The van der Waals surface area contributed by atoms with Crippen molar-refractivity contribution in [1.82, 2.24) is 14.9 Å². The topological polar surface area (TPSA) is 89.5 Å². The van der Waals surface area contributed by atoms with E-state index >= 15 is 0 Å². The minimum absolute atomic E-state index is 0.0276. The number of amides is 1. The van der Waals surface area contributed by atoms with Crippen LogP contribution in [0.15, 0.2) is 41.7 Å². The number of carbonyl (C=O) groups is 1. The van der Waals surface area contributed by atoms with Crippen molar-refractivity contribution in [3.05, 3.63) is 48.0 Å². The van der Waals surface area contributed by atoms with Crippen LogP contribution in [0.1, 0.15) is 30.0 Å². The summed E-state index contributed by atoms with van der Waals surface area (Å²) in [6.45, 7) is 1.14. The highest BCUT2D eigenvalue weighted by molar-refractivity contribution is 7.90. The summed E-state index contributed by atoms with van der Waals surface area (Å²) < 4.78 is 29.2.